The van der Waals surface area contributed by atoms with Gasteiger partial charge in [0.2, 0.25) is 15.9 Å². The van der Waals surface area contributed by atoms with Crippen LogP contribution >= 0.6 is 0 Å². The van der Waals surface area contributed by atoms with Gasteiger partial charge in [-0.25, -0.2) is 8.42 Å². The number of fused-ring (bicyclic) bond motifs is 1. The Balaban J connectivity index is 1.59. The lowest BCUT2D eigenvalue weighted by molar-refractivity contribution is -0.125. The van der Waals surface area contributed by atoms with Crippen LogP contribution in [0.2, 0.25) is 0 Å². The number of hydrogen-bond donors (Lipinski definition) is 0. The van der Waals surface area contributed by atoms with Crippen molar-refractivity contribution in [3.63, 3.8) is 0 Å². The van der Waals surface area contributed by atoms with Gasteiger partial charge < -0.3 is 9.32 Å². The van der Waals surface area contributed by atoms with Crippen molar-refractivity contribution < 1.29 is 17.6 Å². The molecule has 6 nitrogen and oxygen atoms in total. The van der Waals surface area contributed by atoms with Gasteiger partial charge in [-0.1, -0.05) is 6.42 Å². The number of hydrogen-bond acceptors (Lipinski definition) is 4. The minimum absolute atomic E-state index is 0.0619. The van der Waals surface area contributed by atoms with E-state index in [4.69, 9.17) is 4.42 Å². The van der Waals surface area contributed by atoms with Gasteiger partial charge in [0.25, 0.3) is 0 Å². The highest BCUT2D eigenvalue weighted by molar-refractivity contribution is 7.89. The van der Waals surface area contributed by atoms with Crippen molar-refractivity contribution in [3.05, 3.63) is 47.9 Å². The van der Waals surface area contributed by atoms with Crippen molar-refractivity contribution in [1.82, 2.24) is 4.31 Å². The summed E-state index contributed by atoms with van der Waals surface area (Å²) in [5, 5.41) is 0. The average molecular weight is 388 g/mol. The highest BCUT2D eigenvalue weighted by Gasteiger charge is 2.37. The van der Waals surface area contributed by atoms with Crippen LogP contribution in [0.15, 0.2) is 45.9 Å². The van der Waals surface area contributed by atoms with E-state index in [0.717, 1.165) is 30.5 Å². The molecule has 2 aromatic rings. The lowest BCUT2D eigenvalue weighted by atomic mass is 9.84. The SMILES string of the molecule is C[C@H]1Cc2cc(S(=O)(=O)N(C)Cc3ccco3)ccc2N1C(=O)C1CCC1. The van der Waals surface area contributed by atoms with E-state index in [2.05, 4.69) is 0 Å². The van der Waals surface area contributed by atoms with Crippen LogP contribution in [-0.2, 0) is 27.8 Å². The highest BCUT2D eigenvalue weighted by Crippen LogP contribution is 2.38. The zero-order chi connectivity index (χ0) is 19.2. The third kappa shape index (κ3) is 3.19. The minimum atomic E-state index is -3.63. The van der Waals surface area contributed by atoms with Gasteiger partial charge in [-0.2, -0.15) is 4.31 Å². The molecule has 1 aliphatic heterocycles. The van der Waals surface area contributed by atoms with Crippen LogP contribution < -0.4 is 4.90 Å². The molecule has 1 saturated carbocycles. The fraction of sp³-hybridized carbons (Fsp3) is 0.450. The Morgan fingerprint density at radius 3 is 2.70 bits per heavy atom. The highest BCUT2D eigenvalue weighted by atomic mass is 32.2. The van der Waals surface area contributed by atoms with E-state index in [1.54, 1.807) is 37.4 Å². The molecule has 1 aliphatic carbocycles. The van der Waals surface area contributed by atoms with Crippen LogP contribution in [0.1, 0.15) is 37.5 Å². The number of rotatable bonds is 5. The quantitative estimate of drug-likeness (QED) is 0.789. The van der Waals surface area contributed by atoms with E-state index in [1.807, 2.05) is 11.8 Å². The summed E-state index contributed by atoms with van der Waals surface area (Å²) in [6.07, 6.45) is 5.24. The number of carbonyl (C=O) groups is 1. The van der Waals surface area contributed by atoms with Gasteiger partial charge in [0.1, 0.15) is 5.76 Å². The number of sulfonamides is 1. The lowest BCUT2D eigenvalue weighted by Gasteiger charge is -2.32. The van der Waals surface area contributed by atoms with Gasteiger partial charge in [-0.3, -0.25) is 4.79 Å². The molecule has 2 heterocycles. The molecular formula is C20H24N2O4S. The van der Waals surface area contributed by atoms with Crippen molar-refractivity contribution in [2.45, 2.75) is 50.1 Å². The van der Waals surface area contributed by atoms with Crippen molar-refractivity contribution in [2.24, 2.45) is 5.92 Å². The third-order valence-corrected chi connectivity index (χ3v) is 7.42. The summed E-state index contributed by atoms with van der Waals surface area (Å²) >= 11 is 0. The van der Waals surface area contributed by atoms with E-state index in [9.17, 15) is 13.2 Å². The van der Waals surface area contributed by atoms with E-state index in [1.165, 1.54) is 10.6 Å². The minimum Gasteiger partial charge on any atom is -0.468 e. The monoisotopic (exact) mass is 388 g/mol. The van der Waals surface area contributed by atoms with Gasteiger partial charge in [-0.15, -0.1) is 0 Å². The molecule has 0 radical (unpaired) electrons. The fourth-order valence-electron chi connectivity index (χ4n) is 3.84. The lowest BCUT2D eigenvalue weighted by Crippen LogP contribution is -2.42. The van der Waals surface area contributed by atoms with Crippen LogP contribution in [0.5, 0.6) is 0 Å². The summed E-state index contributed by atoms with van der Waals surface area (Å²) in [5.41, 5.74) is 1.77. The predicted octanol–water partition coefficient (Wildman–Crippen LogP) is 3.18. The number of amides is 1. The summed E-state index contributed by atoms with van der Waals surface area (Å²) in [5.74, 6) is 0.896. The van der Waals surface area contributed by atoms with Gasteiger partial charge in [-0.05, 0) is 62.1 Å². The smallest absolute Gasteiger partial charge is 0.243 e. The van der Waals surface area contributed by atoms with Crippen LogP contribution in [0.4, 0.5) is 5.69 Å². The molecule has 1 aromatic carbocycles. The molecule has 1 atom stereocenters. The molecule has 2 aliphatic rings. The molecule has 1 amide bonds. The Kier molecular flexibility index (Phi) is 4.60. The Hall–Kier alpha value is -2.12. The fourth-order valence-corrected chi connectivity index (χ4v) is 5.03. The molecular weight excluding hydrogens is 364 g/mol. The number of benzene rings is 1. The second-order valence-corrected chi connectivity index (χ2v) is 9.57. The molecule has 0 bridgehead atoms. The molecule has 0 saturated heterocycles. The summed E-state index contributed by atoms with van der Waals surface area (Å²) in [7, 11) is -2.09. The molecule has 1 aromatic heterocycles. The molecule has 27 heavy (non-hydrogen) atoms. The second kappa shape index (κ2) is 6.80. The molecule has 144 valence electrons. The Bertz CT molecular complexity index is 948. The first-order chi connectivity index (χ1) is 12.9. The topological polar surface area (TPSA) is 70.8 Å². The van der Waals surface area contributed by atoms with Gasteiger partial charge in [0.15, 0.2) is 0 Å². The number of furan rings is 1. The van der Waals surface area contributed by atoms with Crippen LogP contribution in [0.3, 0.4) is 0 Å². The predicted molar refractivity (Wildman–Crippen MR) is 102 cm³/mol. The van der Waals surface area contributed by atoms with Crippen LogP contribution in [0, 0.1) is 5.92 Å². The van der Waals surface area contributed by atoms with E-state index < -0.39 is 10.0 Å². The van der Waals surface area contributed by atoms with E-state index in [-0.39, 0.29) is 29.3 Å². The molecule has 0 unspecified atom stereocenters. The van der Waals surface area contributed by atoms with E-state index >= 15 is 0 Å². The summed E-state index contributed by atoms with van der Waals surface area (Å²) < 4.78 is 32.4. The van der Waals surface area contributed by atoms with Crippen LogP contribution in [-0.4, -0.2) is 31.7 Å². The van der Waals surface area contributed by atoms with E-state index in [0.29, 0.717) is 12.2 Å². The normalized spacial score (nSPS) is 20.0. The van der Waals surface area contributed by atoms with Crippen molar-refractivity contribution in [2.75, 3.05) is 11.9 Å². The van der Waals surface area contributed by atoms with Gasteiger partial charge in [0, 0.05) is 24.7 Å². The summed E-state index contributed by atoms with van der Waals surface area (Å²) in [6, 6.07) is 8.65. The van der Waals surface area contributed by atoms with Crippen molar-refractivity contribution in [3.8, 4) is 0 Å². The maximum absolute atomic E-state index is 12.9. The first-order valence-electron chi connectivity index (χ1n) is 9.32. The maximum Gasteiger partial charge on any atom is 0.243 e. The molecule has 1 fully saturated rings. The Morgan fingerprint density at radius 1 is 1.30 bits per heavy atom. The number of anilines is 1. The Morgan fingerprint density at radius 2 is 2.07 bits per heavy atom. The molecule has 4 rings (SSSR count). The molecule has 7 heteroatoms. The Labute approximate surface area is 159 Å². The first-order valence-corrected chi connectivity index (χ1v) is 10.8. The largest absolute Gasteiger partial charge is 0.468 e. The number of nitrogens with zero attached hydrogens (tertiary/aromatic N) is 2. The van der Waals surface area contributed by atoms with Gasteiger partial charge in [0.05, 0.1) is 17.7 Å². The number of carbonyl (C=O) groups excluding carboxylic acids is 1. The molecule has 0 N–H and O–H groups in total. The molecule has 0 spiro atoms. The first kappa shape index (κ1) is 18.3. The summed E-state index contributed by atoms with van der Waals surface area (Å²) in [6.45, 7) is 2.20. The second-order valence-electron chi connectivity index (χ2n) is 7.52. The average Bonchev–Trinajstić information content (AvgIpc) is 3.18. The summed E-state index contributed by atoms with van der Waals surface area (Å²) in [4.78, 5) is 14.9. The third-order valence-electron chi connectivity index (χ3n) is 5.63. The van der Waals surface area contributed by atoms with Crippen molar-refractivity contribution in [1.29, 1.82) is 0 Å². The zero-order valence-electron chi connectivity index (χ0n) is 15.6. The van der Waals surface area contributed by atoms with Crippen molar-refractivity contribution >= 4 is 21.6 Å². The van der Waals surface area contributed by atoms with Gasteiger partial charge >= 0.3 is 0 Å². The van der Waals surface area contributed by atoms with Crippen LogP contribution in [0.25, 0.3) is 0 Å². The zero-order valence-corrected chi connectivity index (χ0v) is 16.4. The standard InChI is InChI=1S/C20H24N2O4S/c1-14-11-16-12-18(27(24,25)21(2)13-17-7-4-10-26-17)8-9-19(16)22(14)20(23)15-5-3-6-15/h4,7-10,12,14-15H,3,5-6,11,13H2,1-2H3/t14-/m0/s1. The maximum atomic E-state index is 12.9.